The smallest absolute Gasteiger partial charge is 0.279 e. The minimum absolute atomic E-state index is 0.138. The largest absolute Gasteiger partial charge is 0.324 e. The van der Waals surface area contributed by atoms with Crippen molar-refractivity contribution in [3.63, 3.8) is 0 Å². The van der Waals surface area contributed by atoms with Gasteiger partial charge in [0.15, 0.2) is 6.54 Å². The zero-order chi connectivity index (χ0) is 15.9. The number of likely N-dealkylation sites (N-methyl/N-ethyl adjacent to an activating group) is 1. The lowest BCUT2D eigenvalue weighted by molar-refractivity contribution is -0.903. The fraction of sp³-hybridized carbons (Fsp3) is 0.235. The Balaban J connectivity index is 1.94. The lowest BCUT2D eigenvalue weighted by Crippen LogP contribution is -3.11. The SMILES string of the molecule is CC[NH+](CC(=O)Nc1ccc(F)cc1Cl)Cc1ccccc1. The molecule has 0 aromatic heterocycles. The average molecular weight is 322 g/mol. The third-order valence-corrected chi connectivity index (χ3v) is 3.73. The molecule has 2 rings (SSSR count). The number of hydrogen-bond donors (Lipinski definition) is 2. The lowest BCUT2D eigenvalue weighted by atomic mass is 10.2. The van der Waals surface area contributed by atoms with Crippen molar-refractivity contribution in [2.75, 3.05) is 18.4 Å². The highest BCUT2D eigenvalue weighted by molar-refractivity contribution is 6.33. The summed E-state index contributed by atoms with van der Waals surface area (Å²) in [7, 11) is 0. The molecular weight excluding hydrogens is 303 g/mol. The lowest BCUT2D eigenvalue weighted by Gasteiger charge is -2.17. The summed E-state index contributed by atoms with van der Waals surface area (Å²) in [5.74, 6) is -0.561. The van der Waals surface area contributed by atoms with Crippen LogP contribution in [-0.4, -0.2) is 19.0 Å². The van der Waals surface area contributed by atoms with E-state index in [1.165, 1.54) is 23.8 Å². The van der Waals surface area contributed by atoms with Gasteiger partial charge in [-0.1, -0.05) is 41.9 Å². The topological polar surface area (TPSA) is 33.5 Å². The number of amides is 1. The van der Waals surface area contributed by atoms with Crippen LogP contribution in [0.3, 0.4) is 0 Å². The van der Waals surface area contributed by atoms with Crippen molar-refractivity contribution in [3.8, 4) is 0 Å². The maximum absolute atomic E-state index is 13.0. The molecule has 2 N–H and O–H groups in total. The second kappa shape index (κ2) is 7.92. The van der Waals surface area contributed by atoms with Gasteiger partial charge in [-0.05, 0) is 25.1 Å². The molecule has 2 aromatic rings. The van der Waals surface area contributed by atoms with Crippen LogP contribution in [-0.2, 0) is 11.3 Å². The van der Waals surface area contributed by atoms with E-state index in [1.54, 1.807) is 0 Å². The predicted molar refractivity (Wildman–Crippen MR) is 86.6 cm³/mol. The number of benzene rings is 2. The van der Waals surface area contributed by atoms with Crippen LogP contribution in [0.5, 0.6) is 0 Å². The van der Waals surface area contributed by atoms with Crippen molar-refractivity contribution in [2.24, 2.45) is 0 Å². The summed E-state index contributed by atoms with van der Waals surface area (Å²) in [6, 6.07) is 14.0. The van der Waals surface area contributed by atoms with Gasteiger partial charge >= 0.3 is 0 Å². The average Bonchev–Trinajstić information content (AvgIpc) is 2.50. The third kappa shape index (κ3) is 4.83. The highest BCUT2D eigenvalue weighted by Gasteiger charge is 2.14. The van der Waals surface area contributed by atoms with Gasteiger partial charge in [-0.3, -0.25) is 4.79 Å². The molecule has 0 spiro atoms. The number of hydrogen-bond acceptors (Lipinski definition) is 1. The van der Waals surface area contributed by atoms with Gasteiger partial charge in [-0.15, -0.1) is 0 Å². The molecule has 0 saturated heterocycles. The molecule has 1 atom stereocenters. The number of rotatable bonds is 6. The Morgan fingerprint density at radius 1 is 1.23 bits per heavy atom. The molecule has 0 aliphatic carbocycles. The Morgan fingerprint density at radius 2 is 1.95 bits per heavy atom. The Bertz CT molecular complexity index is 634. The number of carbonyl (C=O) groups is 1. The Hall–Kier alpha value is -1.91. The molecule has 1 amide bonds. The van der Waals surface area contributed by atoms with Gasteiger partial charge in [0.2, 0.25) is 0 Å². The highest BCUT2D eigenvalue weighted by Crippen LogP contribution is 2.21. The first-order valence-electron chi connectivity index (χ1n) is 7.21. The fourth-order valence-electron chi connectivity index (χ4n) is 2.21. The van der Waals surface area contributed by atoms with Crippen LogP contribution in [0, 0.1) is 5.82 Å². The standard InChI is InChI=1S/C17H18ClFN2O/c1-2-21(11-13-6-4-3-5-7-13)12-17(22)20-16-9-8-14(19)10-15(16)18/h3-10H,2,11-12H2,1H3,(H,20,22)/p+1. The molecule has 5 heteroatoms. The monoisotopic (exact) mass is 321 g/mol. The third-order valence-electron chi connectivity index (χ3n) is 3.41. The van der Waals surface area contributed by atoms with E-state index < -0.39 is 5.82 Å². The van der Waals surface area contributed by atoms with Crippen LogP contribution in [0.1, 0.15) is 12.5 Å². The van der Waals surface area contributed by atoms with Crippen LogP contribution in [0.2, 0.25) is 5.02 Å². The van der Waals surface area contributed by atoms with E-state index >= 15 is 0 Å². The quantitative estimate of drug-likeness (QED) is 0.842. The Kier molecular flexibility index (Phi) is 5.92. The molecule has 0 radical (unpaired) electrons. The van der Waals surface area contributed by atoms with Crippen LogP contribution in [0.4, 0.5) is 10.1 Å². The molecule has 3 nitrogen and oxygen atoms in total. The first-order valence-corrected chi connectivity index (χ1v) is 7.58. The van der Waals surface area contributed by atoms with Gasteiger partial charge in [-0.2, -0.15) is 0 Å². The van der Waals surface area contributed by atoms with Crippen LogP contribution in [0.25, 0.3) is 0 Å². The van der Waals surface area contributed by atoms with E-state index in [-0.39, 0.29) is 10.9 Å². The van der Waals surface area contributed by atoms with Crippen molar-refractivity contribution < 1.29 is 14.1 Å². The summed E-state index contributed by atoms with van der Waals surface area (Å²) >= 11 is 5.91. The molecule has 0 aliphatic heterocycles. The number of halogens is 2. The molecule has 0 heterocycles. The van der Waals surface area contributed by atoms with Gasteiger partial charge in [0.25, 0.3) is 5.91 Å². The predicted octanol–water partition coefficient (Wildman–Crippen LogP) is 2.52. The maximum atomic E-state index is 13.0. The molecule has 0 fully saturated rings. The second-order valence-corrected chi connectivity index (χ2v) is 5.52. The fourth-order valence-corrected chi connectivity index (χ4v) is 2.42. The molecule has 0 bridgehead atoms. The van der Waals surface area contributed by atoms with E-state index in [4.69, 9.17) is 11.6 Å². The van der Waals surface area contributed by atoms with Crippen molar-refractivity contribution in [1.82, 2.24) is 0 Å². The van der Waals surface area contributed by atoms with Gasteiger partial charge in [-0.25, -0.2) is 4.39 Å². The van der Waals surface area contributed by atoms with Crippen molar-refractivity contribution >= 4 is 23.2 Å². The van der Waals surface area contributed by atoms with Crippen molar-refractivity contribution in [3.05, 3.63) is 64.9 Å². The van der Waals surface area contributed by atoms with Gasteiger partial charge in [0, 0.05) is 5.56 Å². The summed E-state index contributed by atoms with van der Waals surface area (Å²) in [6.45, 7) is 3.98. The highest BCUT2D eigenvalue weighted by atomic mass is 35.5. The van der Waals surface area contributed by atoms with Gasteiger partial charge < -0.3 is 10.2 Å². The second-order valence-electron chi connectivity index (χ2n) is 5.12. The maximum Gasteiger partial charge on any atom is 0.279 e. The molecule has 22 heavy (non-hydrogen) atoms. The minimum atomic E-state index is -0.423. The van der Waals surface area contributed by atoms with Crippen LogP contribution < -0.4 is 10.2 Å². The van der Waals surface area contributed by atoms with E-state index in [0.29, 0.717) is 12.2 Å². The van der Waals surface area contributed by atoms with Crippen molar-refractivity contribution in [2.45, 2.75) is 13.5 Å². The van der Waals surface area contributed by atoms with Gasteiger partial charge in [0.1, 0.15) is 12.4 Å². The normalized spacial score (nSPS) is 12.0. The van der Waals surface area contributed by atoms with E-state index in [9.17, 15) is 9.18 Å². The first kappa shape index (κ1) is 16.5. The zero-order valence-corrected chi connectivity index (χ0v) is 13.2. The Morgan fingerprint density at radius 3 is 2.59 bits per heavy atom. The summed E-state index contributed by atoms with van der Waals surface area (Å²) < 4.78 is 13.0. The molecule has 2 aromatic carbocycles. The molecule has 116 valence electrons. The number of nitrogens with one attached hydrogen (secondary N) is 2. The minimum Gasteiger partial charge on any atom is -0.324 e. The van der Waals surface area contributed by atoms with Crippen LogP contribution in [0.15, 0.2) is 48.5 Å². The van der Waals surface area contributed by atoms with Gasteiger partial charge in [0.05, 0.1) is 17.3 Å². The van der Waals surface area contributed by atoms with E-state index in [1.807, 2.05) is 37.3 Å². The Labute approximate surface area is 134 Å². The number of anilines is 1. The summed E-state index contributed by atoms with van der Waals surface area (Å²) in [5.41, 5.74) is 1.62. The first-order chi connectivity index (χ1) is 10.6. The number of quaternary nitrogens is 1. The van der Waals surface area contributed by atoms with E-state index in [2.05, 4.69) is 5.32 Å². The summed E-state index contributed by atoms with van der Waals surface area (Å²) in [4.78, 5) is 13.3. The summed E-state index contributed by atoms with van der Waals surface area (Å²) in [6.07, 6.45) is 0. The molecular formula is C17H19ClFN2O+. The van der Waals surface area contributed by atoms with E-state index in [0.717, 1.165) is 18.0 Å². The molecule has 0 saturated carbocycles. The zero-order valence-electron chi connectivity index (χ0n) is 12.4. The molecule has 1 unspecified atom stereocenters. The van der Waals surface area contributed by atoms with Crippen LogP contribution >= 0.6 is 11.6 Å². The van der Waals surface area contributed by atoms with Crippen molar-refractivity contribution in [1.29, 1.82) is 0 Å². The number of carbonyl (C=O) groups excluding carboxylic acids is 1. The molecule has 0 aliphatic rings. The summed E-state index contributed by atoms with van der Waals surface area (Å²) in [5, 5.41) is 2.93.